The van der Waals surface area contributed by atoms with Crippen molar-refractivity contribution >= 4 is 12.0 Å². The second-order valence-electron chi connectivity index (χ2n) is 5.08. The molecule has 0 saturated carbocycles. The molecule has 1 amide bonds. The molecule has 110 valence electrons. The van der Waals surface area contributed by atoms with Crippen LogP contribution >= 0.6 is 0 Å². The highest BCUT2D eigenvalue weighted by Crippen LogP contribution is 2.17. The normalized spacial score (nSPS) is 19.9. The highest BCUT2D eigenvalue weighted by Gasteiger charge is 2.27. The molecule has 1 aliphatic heterocycles. The summed E-state index contributed by atoms with van der Waals surface area (Å²) >= 11 is 0. The average Bonchev–Trinajstić information content (AvgIpc) is 3.01. The van der Waals surface area contributed by atoms with Crippen LogP contribution in [-0.4, -0.2) is 25.2 Å². The highest BCUT2D eigenvalue weighted by molar-refractivity contribution is 5.97. The fourth-order valence-electron chi connectivity index (χ4n) is 2.20. The molecule has 0 radical (unpaired) electrons. The summed E-state index contributed by atoms with van der Waals surface area (Å²) in [5.74, 6) is -0.574. The minimum absolute atomic E-state index is 0.0394. The first-order valence-electron chi connectivity index (χ1n) is 6.82. The predicted octanol–water partition coefficient (Wildman–Crippen LogP) is 2.27. The predicted molar refractivity (Wildman–Crippen MR) is 76.5 cm³/mol. The van der Waals surface area contributed by atoms with E-state index in [9.17, 15) is 9.18 Å². The van der Waals surface area contributed by atoms with E-state index in [1.165, 1.54) is 12.1 Å². The van der Waals surface area contributed by atoms with Crippen molar-refractivity contribution in [3.63, 3.8) is 0 Å². The van der Waals surface area contributed by atoms with E-state index in [1.807, 2.05) is 0 Å². The van der Waals surface area contributed by atoms with Gasteiger partial charge >= 0.3 is 0 Å². The minimum atomic E-state index is -0.545. The molecule has 5 heteroatoms. The van der Waals surface area contributed by atoms with E-state index in [2.05, 4.69) is 11.4 Å². The van der Waals surface area contributed by atoms with Crippen LogP contribution in [0.1, 0.15) is 18.9 Å². The van der Waals surface area contributed by atoms with Crippen molar-refractivity contribution < 1.29 is 13.9 Å². The zero-order valence-corrected chi connectivity index (χ0v) is 11.8. The summed E-state index contributed by atoms with van der Waals surface area (Å²) in [5.41, 5.74) is 1.21. The summed E-state index contributed by atoms with van der Waals surface area (Å²) in [6, 6.07) is 7.44. The number of hydrogen-bond acceptors (Lipinski definition) is 3. The Kier molecular flexibility index (Phi) is 5.07. The minimum Gasteiger partial charge on any atom is -0.381 e. The van der Waals surface area contributed by atoms with Gasteiger partial charge in [0.1, 0.15) is 11.9 Å². The number of hydrogen-bond donors (Lipinski definition) is 1. The van der Waals surface area contributed by atoms with Gasteiger partial charge in [0.15, 0.2) is 0 Å². The maximum Gasteiger partial charge on any atom is 0.247 e. The Balaban J connectivity index is 2.01. The van der Waals surface area contributed by atoms with E-state index in [-0.39, 0.29) is 17.6 Å². The van der Waals surface area contributed by atoms with Crippen LogP contribution < -0.4 is 5.32 Å². The van der Waals surface area contributed by atoms with Gasteiger partial charge in [0.2, 0.25) is 5.91 Å². The van der Waals surface area contributed by atoms with Gasteiger partial charge in [-0.1, -0.05) is 12.1 Å². The van der Waals surface area contributed by atoms with Crippen LogP contribution in [0.3, 0.4) is 0 Å². The third kappa shape index (κ3) is 4.14. The maximum atomic E-state index is 12.8. The van der Waals surface area contributed by atoms with Crippen molar-refractivity contribution in [2.75, 3.05) is 13.2 Å². The summed E-state index contributed by atoms with van der Waals surface area (Å²) in [6.45, 7) is 2.79. The number of carbonyl (C=O) groups excluding carboxylic acids is 1. The maximum absolute atomic E-state index is 12.8. The molecule has 4 nitrogen and oxygen atoms in total. The van der Waals surface area contributed by atoms with E-state index < -0.39 is 6.04 Å². The molecule has 2 atom stereocenters. The molecule has 1 saturated heterocycles. The summed E-state index contributed by atoms with van der Waals surface area (Å²) < 4.78 is 18.1. The first-order valence-corrected chi connectivity index (χ1v) is 6.82. The molecule has 2 unspecified atom stereocenters. The van der Waals surface area contributed by atoms with Crippen molar-refractivity contribution in [3.05, 3.63) is 41.2 Å². The quantitative estimate of drug-likeness (QED) is 0.865. The molecule has 2 rings (SSSR count). The van der Waals surface area contributed by atoms with Crippen molar-refractivity contribution in [1.82, 2.24) is 5.32 Å². The van der Waals surface area contributed by atoms with E-state index in [0.717, 1.165) is 12.0 Å². The van der Waals surface area contributed by atoms with Gasteiger partial charge < -0.3 is 10.1 Å². The molecule has 1 aliphatic rings. The van der Waals surface area contributed by atoms with Crippen LogP contribution in [0.4, 0.5) is 4.39 Å². The molecule has 0 aromatic heterocycles. The Bertz CT molecular complexity index is 569. The first kappa shape index (κ1) is 15.2. The van der Waals surface area contributed by atoms with E-state index in [4.69, 9.17) is 10.00 Å². The molecule has 0 spiro atoms. The monoisotopic (exact) mass is 288 g/mol. The van der Waals surface area contributed by atoms with Gasteiger partial charge in [-0.2, -0.15) is 5.26 Å². The largest absolute Gasteiger partial charge is 0.381 e. The number of nitrogens with one attached hydrogen (secondary N) is 1. The lowest BCUT2D eigenvalue weighted by atomic mass is 10.00. The van der Waals surface area contributed by atoms with Crippen molar-refractivity contribution in [3.8, 4) is 6.07 Å². The van der Waals surface area contributed by atoms with Crippen molar-refractivity contribution in [1.29, 1.82) is 5.26 Å². The number of nitriles is 1. The van der Waals surface area contributed by atoms with Gasteiger partial charge in [-0.3, -0.25) is 4.79 Å². The van der Waals surface area contributed by atoms with E-state index in [0.29, 0.717) is 18.8 Å². The Hall–Kier alpha value is -2.19. The molecule has 0 aliphatic carbocycles. The molecule has 1 fully saturated rings. The molecule has 1 aromatic carbocycles. The summed E-state index contributed by atoms with van der Waals surface area (Å²) in [7, 11) is 0. The zero-order chi connectivity index (χ0) is 15.2. The van der Waals surface area contributed by atoms with Gasteiger partial charge in [-0.25, -0.2) is 4.39 Å². The molecule has 1 heterocycles. The Morgan fingerprint density at radius 1 is 1.52 bits per heavy atom. The van der Waals surface area contributed by atoms with Crippen LogP contribution in [0, 0.1) is 23.1 Å². The van der Waals surface area contributed by atoms with Gasteiger partial charge in [0.25, 0.3) is 0 Å². The smallest absolute Gasteiger partial charge is 0.247 e. The number of ether oxygens (including phenoxy) is 1. The number of halogens is 1. The number of benzene rings is 1. The zero-order valence-electron chi connectivity index (χ0n) is 11.8. The Morgan fingerprint density at radius 2 is 2.24 bits per heavy atom. The summed E-state index contributed by atoms with van der Waals surface area (Å²) in [4.78, 5) is 12.1. The number of nitrogens with zero attached hydrogens (tertiary/aromatic N) is 1. The third-order valence-electron chi connectivity index (χ3n) is 3.47. The standard InChI is InChI=1S/C16H17FN2O2/c1-11(8-12-2-4-14(17)5-3-12)16(20)19-15(9-18)13-6-7-21-10-13/h2-5,8,13,15H,6-7,10H2,1H3,(H,19,20)/b11-8-. The van der Waals surface area contributed by atoms with Crippen LogP contribution in [-0.2, 0) is 9.53 Å². The number of carbonyl (C=O) groups is 1. The Morgan fingerprint density at radius 3 is 2.81 bits per heavy atom. The summed E-state index contributed by atoms with van der Waals surface area (Å²) in [6.07, 6.45) is 2.44. The topological polar surface area (TPSA) is 62.1 Å². The van der Waals surface area contributed by atoms with Crippen molar-refractivity contribution in [2.24, 2.45) is 5.92 Å². The lowest BCUT2D eigenvalue weighted by Gasteiger charge is -2.16. The second kappa shape index (κ2) is 7.00. The SMILES string of the molecule is C/C(=C/c1ccc(F)cc1)C(=O)NC(C#N)C1CCOC1. The van der Waals surface area contributed by atoms with Crippen LogP contribution in [0.2, 0.25) is 0 Å². The Labute approximate surface area is 123 Å². The molecular weight excluding hydrogens is 271 g/mol. The summed E-state index contributed by atoms with van der Waals surface area (Å²) in [5, 5.41) is 11.9. The van der Waals surface area contributed by atoms with E-state index >= 15 is 0 Å². The average molecular weight is 288 g/mol. The molecular formula is C16H17FN2O2. The van der Waals surface area contributed by atoms with Crippen LogP contribution in [0.5, 0.6) is 0 Å². The van der Waals surface area contributed by atoms with Gasteiger partial charge in [0.05, 0.1) is 12.7 Å². The van der Waals surface area contributed by atoms with Crippen molar-refractivity contribution in [2.45, 2.75) is 19.4 Å². The van der Waals surface area contributed by atoms with Gasteiger partial charge in [-0.05, 0) is 37.1 Å². The number of amides is 1. The molecule has 1 aromatic rings. The second-order valence-corrected chi connectivity index (χ2v) is 5.08. The lowest BCUT2D eigenvalue weighted by molar-refractivity contribution is -0.118. The molecule has 0 bridgehead atoms. The van der Waals surface area contributed by atoms with Gasteiger partial charge in [-0.15, -0.1) is 0 Å². The first-order chi connectivity index (χ1) is 10.1. The third-order valence-corrected chi connectivity index (χ3v) is 3.47. The number of rotatable bonds is 4. The molecule has 21 heavy (non-hydrogen) atoms. The fraction of sp³-hybridized carbons (Fsp3) is 0.375. The van der Waals surface area contributed by atoms with Crippen LogP contribution in [0.15, 0.2) is 29.8 Å². The van der Waals surface area contributed by atoms with Gasteiger partial charge in [0, 0.05) is 18.1 Å². The highest BCUT2D eigenvalue weighted by atomic mass is 19.1. The molecule has 1 N–H and O–H groups in total. The fourth-order valence-corrected chi connectivity index (χ4v) is 2.20. The van der Waals surface area contributed by atoms with Crippen LogP contribution in [0.25, 0.3) is 6.08 Å². The lowest BCUT2D eigenvalue weighted by Crippen LogP contribution is -2.39. The van der Waals surface area contributed by atoms with E-state index in [1.54, 1.807) is 25.1 Å².